The molecule has 2 aromatic carbocycles. The molecule has 4 heteroatoms. The van der Waals surface area contributed by atoms with Crippen LogP contribution in [-0.4, -0.2) is 27.0 Å². The molecule has 0 saturated carbocycles. The predicted octanol–water partition coefficient (Wildman–Crippen LogP) is 4.87. The summed E-state index contributed by atoms with van der Waals surface area (Å²) in [5, 5.41) is 2.38. The van der Waals surface area contributed by atoms with Crippen molar-refractivity contribution in [3.05, 3.63) is 86.0 Å². The smallest absolute Gasteiger partial charge is 0.330 e. The predicted molar refractivity (Wildman–Crippen MR) is 128 cm³/mol. The maximum Gasteiger partial charge on any atom is 0.330 e. The fourth-order valence-corrected chi connectivity index (χ4v) is 8.45. The van der Waals surface area contributed by atoms with Crippen LogP contribution >= 0.6 is 0 Å². The summed E-state index contributed by atoms with van der Waals surface area (Å²) >= 11 is 0. The lowest BCUT2D eigenvalue weighted by molar-refractivity contribution is -0.145. The highest BCUT2D eigenvalue weighted by Gasteiger charge is 2.50. The van der Waals surface area contributed by atoms with Crippen LogP contribution in [-0.2, 0) is 14.0 Å². The van der Waals surface area contributed by atoms with Crippen molar-refractivity contribution < 1.29 is 14.0 Å². The van der Waals surface area contributed by atoms with Gasteiger partial charge in [-0.15, -0.1) is 6.58 Å². The molecule has 0 aliphatic rings. The highest BCUT2D eigenvalue weighted by molar-refractivity contribution is 6.99. The van der Waals surface area contributed by atoms with E-state index < -0.39 is 14.3 Å². The van der Waals surface area contributed by atoms with Gasteiger partial charge >= 0.3 is 5.97 Å². The number of hydrogen-bond acceptors (Lipinski definition) is 3. The van der Waals surface area contributed by atoms with Gasteiger partial charge in [0.05, 0.1) is 0 Å². The van der Waals surface area contributed by atoms with Crippen molar-refractivity contribution in [1.82, 2.24) is 0 Å². The van der Waals surface area contributed by atoms with Crippen molar-refractivity contribution in [2.24, 2.45) is 5.92 Å². The Balaban J connectivity index is 2.39. The zero-order valence-corrected chi connectivity index (χ0v) is 19.6. The average Bonchev–Trinajstić information content (AvgIpc) is 2.75. The molecule has 0 aromatic heterocycles. The van der Waals surface area contributed by atoms with Crippen molar-refractivity contribution >= 4 is 24.7 Å². The maximum atomic E-state index is 11.8. The normalized spacial score (nSPS) is 13.9. The largest absolute Gasteiger partial charge is 0.459 e. The van der Waals surface area contributed by atoms with E-state index >= 15 is 0 Å². The van der Waals surface area contributed by atoms with E-state index in [1.807, 2.05) is 25.1 Å². The van der Waals surface area contributed by atoms with E-state index in [0.29, 0.717) is 13.0 Å². The lowest BCUT2D eigenvalue weighted by Crippen LogP contribution is -2.66. The molecule has 0 radical (unpaired) electrons. The Morgan fingerprint density at radius 3 is 1.90 bits per heavy atom. The Kier molecular flexibility index (Phi) is 8.39. The van der Waals surface area contributed by atoms with E-state index in [4.69, 9.17) is 9.16 Å². The third-order valence-corrected chi connectivity index (χ3v) is 10.6. The van der Waals surface area contributed by atoms with Gasteiger partial charge in [-0.2, -0.15) is 0 Å². The summed E-state index contributed by atoms with van der Waals surface area (Å²) in [5.41, 5.74) is 0. The van der Waals surface area contributed by atoms with Gasteiger partial charge < -0.3 is 9.16 Å². The summed E-state index contributed by atoms with van der Waals surface area (Å²) in [6, 6.07) is 21.1. The van der Waals surface area contributed by atoms with Crippen molar-refractivity contribution in [1.29, 1.82) is 0 Å². The van der Waals surface area contributed by atoms with Crippen molar-refractivity contribution in [2.75, 3.05) is 6.61 Å². The quantitative estimate of drug-likeness (QED) is 0.237. The van der Waals surface area contributed by atoms with E-state index in [-0.39, 0.29) is 17.1 Å². The lowest BCUT2D eigenvalue weighted by atomic mass is 10.0. The standard InChI is InChI=1S/C26H34O3Si/c1-7-21(3)24(29-25(27)8-2)19-20-28-30(26(4,5)6,22-15-11-9-12-16-22)23-17-13-10-14-18-23/h7-18,21,24H,1-2,19-20H2,3-6H3/t21-,24+/m0/s1. The number of carbonyl (C=O) groups is 1. The van der Waals surface area contributed by atoms with E-state index in [9.17, 15) is 4.79 Å². The van der Waals surface area contributed by atoms with Gasteiger partial charge in [-0.3, -0.25) is 0 Å². The SMILES string of the molecule is C=CC(=O)O[C@H](CCO[Si](c1ccccc1)(c1ccccc1)C(C)(C)C)[C@@H](C)C=C. The first-order valence-corrected chi connectivity index (χ1v) is 12.4. The van der Waals surface area contributed by atoms with Crippen LogP contribution in [0.1, 0.15) is 34.1 Å². The summed E-state index contributed by atoms with van der Waals surface area (Å²) in [5.74, 6) is -0.393. The molecule has 30 heavy (non-hydrogen) atoms. The Morgan fingerprint density at radius 1 is 1.00 bits per heavy atom. The van der Waals surface area contributed by atoms with Crippen LogP contribution in [0.5, 0.6) is 0 Å². The van der Waals surface area contributed by atoms with Gasteiger partial charge in [0.15, 0.2) is 0 Å². The Labute approximate surface area is 182 Å². The molecule has 0 aliphatic carbocycles. The molecule has 160 valence electrons. The van der Waals surface area contributed by atoms with Gasteiger partial charge in [-0.05, 0) is 15.4 Å². The Morgan fingerprint density at radius 2 is 1.50 bits per heavy atom. The lowest BCUT2D eigenvalue weighted by Gasteiger charge is -2.43. The van der Waals surface area contributed by atoms with Crippen molar-refractivity contribution in [3.63, 3.8) is 0 Å². The first-order chi connectivity index (χ1) is 14.3. The molecule has 0 fully saturated rings. The molecule has 2 aromatic rings. The summed E-state index contributed by atoms with van der Waals surface area (Å²) in [7, 11) is -2.60. The second-order valence-corrected chi connectivity index (χ2v) is 12.9. The molecule has 0 spiro atoms. The van der Waals surface area contributed by atoms with Crippen LogP contribution in [0.4, 0.5) is 0 Å². The molecule has 0 unspecified atom stereocenters. The van der Waals surface area contributed by atoms with Gasteiger partial charge in [0, 0.05) is 25.0 Å². The van der Waals surface area contributed by atoms with Gasteiger partial charge in [0.1, 0.15) is 6.10 Å². The van der Waals surface area contributed by atoms with E-state index in [1.54, 1.807) is 0 Å². The zero-order chi connectivity index (χ0) is 22.2. The molecule has 0 amide bonds. The first kappa shape index (κ1) is 23.8. The Bertz CT molecular complexity index is 785. The number of esters is 1. The molecule has 0 N–H and O–H groups in total. The molecule has 0 bridgehead atoms. The van der Waals surface area contributed by atoms with E-state index in [0.717, 1.165) is 0 Å². The first-order valence-electron chi connectivity index (χ1n) is 10.5. The van der Waals surface area contributed by atoms with Crippen molar-refractivity contribution in [3.8, 4) is 0 Å². The second kappa shape index (κ2) is 10.6. The topological polar surface area (TPSA) is 35.5 Å². The minimum Gasteiger partial charge on any atom is -0.459 e. The molecule has 3 nitrogen and oxygen atoms in total. The number of benzene rings is 2. The molecule has 2 rings (SSSR count). The summed E-state index contributed by atoms with van der Waals surface area (Å²) in [6.07, 6.45) is 3.30. The Hall–Kier alpha value is -2.43. The maximum absolute atomic E-state index is 11.8. The van der Waals surface area contributed by atoms with Gasteiger partial charge in [-0.1, -0.05) is 101 Å². The molecule has 0 aliphatic heterocycles. The number of carbonyl (C=O) groups excluding carboxylic acids is 1. The van der Waals surface area contributed by atoms with Crippen LogP contribution in [0.15, 0.2) is 86.0 Å². The third-order valence-electron chi connectivity index (χ3n) is 5.53. The average molecular weight is 423 g/mol. The van der Waals surface area contributed by atoms with Gasteiger partial charge in [0.25, 0.3) is 8.32 Å². The number of rotatable bonds is 10. The molecular weight excluding hydrogens is 388 g/mol. The molecule has 0 heterocycles. The fraction of sp³-hybridized carbons (Fsp3) is 0.346. The van der Waals surface area contributed by atoms with Crippen LogP contribution in [0.2, 0.25) is 5.04 Å². The minimum atomic E-state index is -2.60. The summed E-state index contributed by atoms with van der Waals surface area (Å²) in [4.78, 5) is 11.8. The summed E-state index contributed by atoms with van der Waals surface area (Å²) < 4.78 is 12.5. The second-order valence-electron chi connectivity index (χ2n) is 8.57. The molecule has 2 atom stereocenters. The van der Waals surface area contributed by atoms with Crippen molar-refractivity contribution in [2.45, 2.75) is 45.3 Å². The zero-order valence-electron chi connectivity index (χ0n) is 18.6. The highest BCUT2D eigenvalue weighted by Crippen LogP contribution is 2.37. The van der Waals surface area contributed by atoms with E-state index in [2.05, 4.69) is 82.5 Å². The number of ether oxygens (including phenoxy) is 1. The van der Waals surface area contributed by atoms with Gasteiger partial charge in [0.2, 0.25) is 0 Å². The molecular formula is C26H34O3Si. The highest BCUT2D eigenvalue weighted by atomic mass is 28.4. The van der Waals surface area contributed by atoms with Gasteiger partial charge in [-0.25, -0.2) is 4.79 Å². The van der Waals surface area contributed by atoms with Crippen LogP contribution in [0.3, 0.4) is 0 Å². The summed E-state index contributed by atoms with van der Waals surface area (Å²) in [6.45, 7) is 16.6. The minimum absolute atomic E-state index is 0.0247. The van der Waals surface area contributed by atoms with E-state index in [1.165, 1.54) is 16.4 Å². The fourth-order valence-electron chi connectivity index (χ4n) is 3.87. The number of hydrogen-bond donors (Lipinski definition) is 0. The van der Waals surface area contributed by atoms with Crippen LogP contribution < -0.4 is 10.4 Å². The monoisotopic (exact) mass is 422 g/mol. The third kappa shape index (κ3) is 5.38. The molecule has 0 saturated heterocycles. The van der Waals surface area contributed by atoms with Crippen LogP contribution in [0.25, 0.3) is 0 Å². The van der Waals surface area contributed by atoms with Crippen LogP contribution in [0, 0.1) is 5.92 Å².